The van der Waals surface area contributed by atoms with E-state index in [1.807, 2.05) is 4.90 Å². The molecule has 0 spiro atoms. The lowest BCUT2D eigenvalue weighted by atomic mass is 10.1. The van der Waals surface area contributed by atoms with E-state index in [4.69, 9.17) is 0 Å². The van der Waals surface area contributed by atoms with E-state index >= 15 is 0 Å². The molecule has 3 aromatic heterocycles. The SMILES string of the molecule is O[C@@H]1[C@@H](CF)C[C@@H](n2cnc3c(N[C@H]4CCN(c5ccc(C(F)(F)F)cn5)C4)ncnc32)[C@@H]1O. The van der Waals surface area contributed by atoms with Gasteiger partial charge < -0.3 is 25.0 Å². The number of hydrogen-bond donors (Lipinski definition) is 3. The number of imidazole rings is 1. The molecule has 5 rings (SSSR count). The van der Waals surface area contributed by atoms with Crippen LogP contribution in [-0.4, -0.2) is 72.7 Å². The number of hydrogen-bond acceptors (Lipinski definition) is 8. The molecule has 3 aromatic rings. The second-order valence-electron chi connectivity index (χ2n) is 8.72. The third-order valence-electron chi connectivity index (χ3n) is 6.61. The normalized spacial score (nSPS) is 27.6. The fourth-order valence-electron chi connectivity index (χ4n) is 4.75. The molecule has 0 aromatic carbocycles. The summed E-state index contributed by atoms with van der Waals surface area (Å²) in [7, 11) is 0. The van der Waals surface area contributed by atoms with Crippen molar-refractivity contribution in [2.24, 2.45) is 5.92 Å². The molecule has 0 radical (unpaired) electrons. The molecule has 3 N–H and O–H groups in total. The lowest BCUT2D eigenvalue weighted by Gasteiger charge is -2.19. The van der Waals surface area contributed by atoms with E-state index in [0.29, 0.717) is 42.3 Å². The summed E-state index contributed by atoms with van der Waals surface area (Å²) in [6, 6.07) is 1.77. The van der Waals surface area contributed by atoms with Crippen molar-refractivity contribution in [1.29, 1.82) is 0 Å². The minimum Gasteiger partial charge on any atom is -0.390 e. The summed E-state index contributed by atoms with van der Waals surface area (Å²) in [5.41, 5.74) is 0.133. The van der Waals surface area contributed by atoms with Gasteiger partial charge in [0, 0.05) is 31.2 Å². The van der Waals surface area contributed by atoms with Gasteiger partial charge in [0.2, 0.25) is 0 Å². The Hall–Kier alpha value is -3.06. The number of aliphatic hydroxyl groups excluding tert-OH is 2. The number of fused-ring (bicyclic) bond motifs is 1. The van der Waals surface area contributed by atoms with Crippen molar-refractivity contribution in [2.45, 2.75) is 43.3 Å². The zero-order chi connectivity index (χ0) is 24.0. The molecular formula is C21H23F4N7O2. The molecule has 2 fully saturated rings. The Morgan fingerprint density at radius 1 is 1.09 bits per heavy atom. The smallest absolute Gasteiger partial charge is 0.390 e. The Bertz CT molecular complexity index is 1160. The first kappa shape index (κ1) is 22.7. The van der Waals surface area contributed by atoms with Gasteiger partial charge in [-0.25, -0.2) is 19.9 Å². The molecule has 0 unspecified atom stereocenters. The van der Waals surface area contributed by atoms with Crippen molar-refractivity contribution in [3.63, 3.8) is 0 Å². The maximum atomic E-state index is 13.2. The Balaban J connectivity index is 1.31. The predicted molar refractivity (Wildman–Crippen MR) is 114 cm³/mol. The van der Waals surface area contributed by atoms with E-state index in [-0.39, 0.29) is 12.5 Å². The third-order valence-corrected chi connectivity index (χ3v) is 6.61. The van der Waals surface area contributed by atoms with Gasteiger partial charge in [0.1, 0.15) is 23.8 Å². The molecule has 1 aliphatic heterocycles. The lowest BCUT2D eigenvalue weighted by Crippen LogP contribution is -2.30. The van der Waals surface area contributed by atoms with Crippen LogP contribution in [0.2, 0.25) is 0 Å². The average Bonchev–Trinajstić information content (AvgIpc) is 3.52. The Morgan fingerprint density at radius 3 is 2.59 bits per heavy atom. The van der Waals surface area contributed by atoms with Crippen LogP contribution in [0.1, 0.15) is 24.4 Å². The lowest BCUT2D eigenvalue weighted by molar-refractivity contribution is -0.137. The molecule has 0 bridgehead atoms. The van der Waals surface area contributed by atoms with Gasteiger partial charge >= 0.3 is 6.18 Å². The number of rotatable bonds is 5. The summed E-state index contributed by atoms with van der Waals surface area (Å²) in [4.78, 5) is 18.8. The number of nitrogens with zero attached hydrogens (tertiary/aromatic N) is 6. The zero-order valence-electron chi connectivity index (χ0n) is 17.9. The van der Waals surface area contributed by atoms with Crippen LogP contribution in [0.5, 0.6) is 0 Å². The van der Waals surface area contributed by atoms with Gasteiger partial charge in [0.25, 0.3) is 0 Å². The van der Waals surface area contributed by atoms with Crippen LogP contribution in [0.4, 0.5) is 29.2 Å². The molecule has 5 atom stereocenters. The highest BCUT2D eigenvalue weighted by Gasteiger charge is 2.43. The van der Waals surface area contributed by atoms with E-state index in [1.54, 1.807) is 4.57 Å². The first-order valence-corrected chi connectivity index (χ1v) is 10.9. The monoisotopic (exact) mass is 481 g/mol. The number of aliphatic hydroxyl groups is 2. The molecule has 2 aliphatic rings. The van der Waals surface area contributed by atoms with Crippen LogP contribution < -0.4 is 10.2 Å². The van der Waals surface area contributed by atoms with Crippen molar-refractivity contribution < 1.29 is 27.8 Å². The molecule has 4 heterocycles. The second kappa shape index (κ2) is 8.62. The van der Waals surface area contributed by atoms with E-state index in [2.05, 4.69) is 25.3 Å². The molecule has 34 heavy (non-hydrogen) atoms. The van der Waals surface area contributed by atoms with Gasteiger partial charge in [-0.1, -0.05) is 0 Å². The van der Waals surface area contributed by atoms with Crippen LogP contribution in [0, 0.1) is 5.92 Å². The van der Waals surface area contributed by atoms with Crippen LogP contribution in [0.15, 0.2) is 31.0 Å². The van der Waals surface area contributed by atoms with E-state index < -0.39 is 42.6 Å². The van der Waals surface area contributed by atoms with Crippen LogP contribution >= 0.6 is 0 Å². The van der Waals surface area contributed by atoms with Gasteiger partial charge in [-0.15, -0.1) is 0 Å². The highest BCUT2D eigenvalue weighted by Crippen LogP contribution is 2.37. The highest BCUT2D eigenvalue weighted by atomic mass is 19.4. The number of aromatic nitrogens is 5. The van der Waals surface area contributed by atoms with Gasteiger partial charge in [-0.2, -0.15) is 13.2 Å². The first-order chi connectivity index (χ1) is 16.3. The second-order valence-corrected chi connectivity index (χ2v) is 8.72. The fourth-order valence-corrected chi connectivity index (χ4v) is 4.75. The molecule has 1 saturated carbocycles. The van der Waals surface area contributed by atoms with Crippen molar-refractivity contribution in [1.82, 2.24) is 24.5 Å². The van der Waals surface area contributed by atoms with Crippen molar-refractivity contribution in [2.75, 3.05) is 30.0 Å². The fraction of sp³-hybridized carbons (Fsp3) is 0.524. The van der Waals surface area contributed by atoms with Gasteiger partial charge in [0.15, 0.2) is 11.5 Å². The number of halogens is 4. The minimum absolute atomic E-state index is 0.0536. The van der Waals surface area contributed by atoms with E-state index in [1.165, 1.54) is 18.7 Å². The summed E-state index contributed by atoms with van der Waals surface area (Å²) < 4.78 is 53.2. The number of alkyl halides is 4. The molecule has 1 aliphatic carbocycles. The van der Waals surface area contributed by atoms with Crippen LogP contribution in [0.3, 0.4) is 0 Å². The quantitative estimate of drug-likeness (QED) is 0.476. The molecular weight excluding hydrogens is 458 g/mol. The molecule has 13 heteroatoms. The standard InChI is InChI=1S/C21H23F4N7O2/c22-6-11-5-14(18(34)17(11)33)32-10-29-16-19(27-9-28-20(16)32)30-13-3-4-31(8-13)15-2-1-12(7-26-15)21(23,24)25/h1-2,7,9-11,13-14,17-18,33-34H,3-6,8H2,(H,27,28,30)/t11-,13+,14-,17-,18+/m1/s1. The summed E-state index contributed by atoms with van der Waals surface area (Å²) in [6.45, 7) is 0.390. The molecule has 1 saturated heterocycles. The largest absolute Gasteiger partial charge is 0.417 e. The van der Waals surface area contributed by atoms with Gasteiger partial charge in [0.05, 0.1) is 30.7 Å². The van der Waals surface area contributed by atoms with Crippen molar-refractivity contribution in [3.05, 3.63) is 36.5 Å². The van der Waals surface area contributed by atoms with E-state index in [9.17, 15) is 27.8 Å². The van der Waals surface area contributed by atoms with Crippen molar-refractivity contribution in [3.8, 4) is 0 Å². The maximum Gasteiger partial charge on any atom is 0.417 e. The van der Waals surface area contributed by atoms with Crippen LogP contribution in [-0.2, 0) is 6.18 Å². The summed E-state index contributed by atoms with van der Waals surface area (Å²) in [6.07, 6.45) is -2.06. The zero-order valence-corrected chi connectivity index (χ0v) is 17.9. The Labute approximate surface area is 191 Å². The minimum atomic E-state index is -4.43. The Kier molecular flexibility index (Phi) is 5.76. The summed E-state index contributed by atoms with van der Waals surface area (Å²) in [5.74, 6) is 0.289. The average molecular weight is 481 g/mol. The summed E-state index contributed by atoms with van der Waals surface area (Å²) in [5, 5.41) is 23.8. The van der Waals surface area contributed by atoms with Crippen molar-refractivity contribution >= 4 is 22.8 Å². The predicted octanol–water partition coefficient (Wildman–Crippen LogP) is 2.18. The topological polar surface area (TPSA) is 112 Å². The molecule has 0 amide bonds. The molecule has 182 valence electrons. The summed E-state index contributed by atoms with van der Waals surface area (Å²) >= 11 is 0. The number of nitrogens with one attached hydrogen (secondary N) is 1. The highest BCUT2D eigenvalue weighted by molar-refractivity contribution is 5.83. The first-order valence-electron chi connectivity index (χ1n) is 10.9. The molecule has 9 nitrogen and oxygen atoms in total. The third kappa shape index (κ3) is 4.02. The van der Waals surface area contributed by atoms with Gasteiger partial charge in [-0.3, -0.25) is 4.39 Å². The number of anilines is 2. The van der Waals surface area contributed by atoms with E-state index in [0.717, 1.165) is 12.3 Å². The number of pyridine rings is 1. The van der Waals surface area contributed by atoms with Crippen LogP contribution in [0.25, 0.3) is 11.2 Å². The van der Waals surface area contributed by atoms with Gasteiger partial charge in [-0.05, 0) is 25.0 Å². The maximum absolute atomic E-state index is 13.2. The Morgan fingerprint density at radius 2 is 1.91 bits per heavy atom.